The van der Waals surface area contributed by atoms with Gasteiger partial charge in [-0.05, 0) is 48.2 Å². The average Bonchev–Trinajstić information content (AvgIpc) is 3.24. The number of carbonyl (C=O) groups excluding carboxylic acids is 2. The van der Waals surface area contributed by atoms with Gasteiger partial charge < -0.3 is 4.74 Å². The maximum Gasteiger partial charge on any atom is 0.286 e. The molecule has 2 aliphatic rings. The Morgan fingerprint density at radius 3 is 2.89 bits per heavy atom. The molecular formula is C20H15N3O3S. The fourth-order valence-electron chi connectivity index (χ4n) is 3.83. The Morgan fingerprint density at radius 1 is 1.15 bits per heavy atom. The summed E-state index contributed by atoms with van der Waals surface area (Å²) in [4.78, 5) is 23.5. The van der Waals surface area contributed by atoms with Crippen molar-refractivity contribution in [1.82, 2.24) is 15.5 Å². The molecule has 5 rings (SSSR count). The van der Waals surface area contributed by atoms with Gasteiger partial charge in [0.1, 0.15) is 11.0 Å². The molecule has 1 aromatic heterocycles. The number of benzene rings is 2. The first-order valence-electron chi connectivity index (χ1n) is 8.71. The van der Waals surface area contributed by atoms with Crippen molar-refractivity contribution in [3.63, 3.8) is 0 Å². The number of carbonyl (C=O) groups is 2. The highest BCUT2D eigenvalue weighted by atomic mass is 32.2. The van der Waals surface area contributed by atoms with Gasteiger partial charge in [-0.1, -0.05) is 30.0 Å². The van der Waals surface area contributed by atoms with Crippen molar-refractivity contribution >= 4 is 33.8 Å². The zero-order valence-corrected chi connectivity index (χ0v) is 15.0. The van der Waals surface area contributed by atoms with Crippen LogP contribution in [0.1, 0.15) is 23.5 Å². The minimum atomic E-state index is -0.334. The molecule has 27 heavy (non-hydrogen) atoms. The van der Waals surface area contributed by atoms with Gasteiger partial charge in [-0.25, -0.2) is 0 Å². The molecule has 2 amide bonds. The maximum atomic E-state index is 12.0. The number of thioether (sulfide) groups is 1. The van der Waals surface area contributed by atoms with Crippen LogP contribution in [0.5, 0.6) is 11.5 Å². The lowest BCUT2D eigenvalue weighted by Gasteiger charge is -2.16. The second-order valence-electron chi connectivity index (χ2n) is 6.65. The Hall–Kier alpha value is -2.93. The Labute approximate surface area is 159 Å². The maximum absolute atomic E-state index is 12.0. The third kappa shape index (κ3) is 2.84. The zero-order chi connectivity index (χ0) is 18.4. The molecule has 0 saturated carbocycles. The van der Waals surface area contributed by atoms with Gasteiger partial charge >= 0.3 is 0 Å². The molecule has 0 spiro atoms. The molecule has 2 aromatic carbocycles. The van der Waals surface area contributed by atoms with E-state index in [1.807, 2.05) is 42.5 Å². The van der Waals surface area contributed by atoms with E-state index in [0.29, 0.717) is 5.75 Å². The van der Waals surface area contributed by atoms with Gasteiger partial charge in [-0.15, -0.1) is 0 Å². The van der Waals surface area contributed by atoms with E-state index in [0.717, 1.165) is 52.4 Å². The van der Waals surface area contributed by atoms with Crippen LogP contribution < -0.4 is 10.1 Å². The molecule has 2 heterocycles. The molecule has 7 heteroatoms. The predicted molar refractivity (Wildman–Crippen MR) is 102 cm³/mol. The molecule has 1 N–H and O–H groups in total. The van der Waals surface area contributed by atoms with Crippen LogP contribution in [0.15, 0.2) is 48.7 Å². The first kappa shape index (κ1) is 16.3. The summed E-state index contributed by atoms with van der Waals surface area (Å²) in [6, 6.07) is 13.6. The molecule has 1 unspecified atom stereocenters. The second kappa shape index (κ2) is 6.35. The van der Waals surface area contributed by atoms with Gasteiger partial charge in [0.25, 0.3) is 5.24 Å². The van der Waals surface area contributed by atoms with Crippen LogP contribution in [0.25, 0.3) is 10.9 Å². The van der Waals surface area contributed by atoms with Gasteiger partial charge in [0, 0.05) is 11.3 Å². The number of hydrogen-bond acceptors (Lipinski definition) is 6. The number of rotatable bonds is 3. The van der Waals surface area contributed by atoms with Crippen molar-refractivity contribution in [2.75, 3.05) is 0 Å². The number of imide groups is 1. The number of fused-ring (bicyclic) bond motifs is 2. The minimum Gasteiger partial charge on any atom is -0.455 e. The standard InChI is InChI=1S/C20H15N3O3S/c24-19-18(27-20(25)22-19)14-7-5-11-9-12(6-8-13(11)14)26-17-10-21-23-16-4-2-1-3-15(16)17/h1-4,6,8-10,14,18H,5,7H2,(H,22,24,25)/t14-,18?/m1/s1. The molecule has 1 aliphatic heterocycles. The summed E-state index contributed by atoms with van der Waals surface area (Å²) in [5, 5.41) is 10.8. The molecule has 1 fully saturated rings. The fraction of sp³-hybridized carbons (Fsp3) is 0.200. The van der Waals surface area contributed by atoms with Gasteiger partial charge in [0.05, 0.1) is 11.7 Å². The van der Waals surface area contributed by atoms with E-state index in [1.165, 1.54) is 0 Å². The number of hydrogen-bond donors (Lipinski definition) is 1. The lowest BCUT2D eigenvalue weighted by Crippen LogP contribution is -2.27. The van der Waals surface area contributed by atoms with E-state index in [-0.39, 0.29) is 22.3 Å². The van der Waals surface area contributed by atoms with Crippen LogP contribution in [0, 0.1) is 0 Å². The molecule has 2 atom stereocenters. The SMILES string of the molecule is O=C1NC(=O)C([C@@H]2CCc3cc(Oc4cnnc5ccccc45)ccc32)S1. The van der Waals surface area contributed by atoms with E-state index in [2.05, 4.69) is 15.5 Å². The van der Waals surface area contributed by atoms with E-state index in [9.17, 15) is 9.59 Å². The Kier molecular flexibility index (Phi) is 3.82. The highest BCUT2D eigenvalue weighted by Gasteiger charge is 2.41. The zero-order valence-electron chi connectivity index (χ0n) is 14.2. The Bertz CT molecular complexity index is 1080. The van der Waals surface area contributed by atoms with Gasteiger partial charge in [0.2, 0.25) is 5.91 Å². The molecule has 1 aliphatic carbocycles. The number of aryl methyl sites for hydroxylation is 1. The third-order valence-electron chi connectivity index (χ3n) is 5.06. The van der Waals surface area contributed by atoms with E-state index in [4.69, 9.17) is 4.74 Å². The monoisotopic (exact) mass is 377 g/mol. The van der Waals surface area contributed by atoms with Crippen LogP contribution in [0.4, 0.5) is 4.79 Å². The summed E-state index contributed by atoms with van der Waals surface area (Å²) >= 11 is 1.10. The van der Waals surface area contributed by atoms with Gasteiger partial charge in [0.15, 0.2) is 5.75 Å². The highest BCUT2D eigenvalue weighted by Crippen LogP contribution is 2.43. The van der Waals surface area contributed by atoms with Crippen molar-refractivity contribution in [2.45, 2.75) is 24.0 Å². The third-order valence-corrected chi connectivity index (χ3v) is 6.17. The number of nitrogens with one attached hydrogen (secondary N) is 1. The average molecular weight is 377 g/mol. The van der Waals surface area contributed by atoms with Gasteiger partial charge in [-0.3, -0.25) is 14.9 Å². The number of ether oxygens (including phenoxy) is 1. The summed E-state index contributed by atoms with van der Waals surface area (Å²) in [5.74, 6) is 1.27. The first-order valence-corrected chi connectivity index (χ1v) is 9.59. The minimum absolute atomic E-state index is 0.0638. The number of amides is 2. The van der Waals surface area contributed by atoms with Crippen LogP contribution in [-0.4, -0.2) is 26.6 Å². The summed E-state index contributed by atoms with van der Waals surface area (Å²) < 4.78 is 6.07. The number of nitrogens with zero attached hydrogens (tertiary/aromatic N) is 2. The quantitative estimate of drug-likeness (QED) is 0.748. The van der Waals surface area contributed by atoms with Crippen LogP contribution >= 0.6 is 11.8 Å². The van der Waals surface area contributed by atoms with Crippen molar-refractivity contribution in [2.24, 2.45) is 0 Å². The Balaban J connectivity index is 1.44. The summed E-state index contributed by atoms with van der Waals surface area (Å²) in [6.45, 7) is 0. The van der Waals surface area contributed by atoms with Crippen molar-refractivity contribution in [1.29, 1.82) is 0 Å². The van der Waals surface area contributed by atoms with Gasteiger partial charge in [-0.2, -0.15) is 10.2 Å². The molecule has 0 bridgehead atoms. The van der Waals surface area contributed by atoms with E-state index in [1.54, 1.807) is 6.20 Å². The molecule has 3 aromatic rings. The molecular weight excluding hydrogens is 362 g/mol. The summed E-state index contributed by atoms with van der Waals surface area (Å²) in [6.07, 6.45) is 3.34. The fourth-order valence-corrected chi connectivity index (χ4v) is 4.83. The molecule has 6 nitrogen and oxygen atoms in total. The van der Waals surface area contributed by atoms with E-state index >= 15 is 0 Å². The number of aromatic nitrogens is 2. The molecule has 1 saturated heterocycles. The van der Waals surface area contributed by atoms with Crippen LogP contribution in [-0.2, 0) is 11.2 Å². The molecule has 134 valence electrons. The Morgan fingerprint density at radius 2 is 2.04 bits per heavy atom. The highest BCUT2D eigenvalue weighted by molar-refractivity contribution is 8.15. The second-order valence-corrected chi connectivity index (χ2v) is 7.76. The van der Waals surface area contributed by atoms with Crippen LogP contribution in [0.3, 0.4) is 0 Å². The largest absolute Gasteiger partial charge is 0.455 e. The summed E-state index contributed by atoms with van der Waals surface area (Å²) in [7, 11) is 0. The predicted octanol–water partition coefficient (Wildman–Crippen LogP) is 3.80. The smallest absolute Gasteiger partial charge is 0.286 e. The molecule has 0 radical (unpaired) electrons. The normalized spacial score (nSPS) is 21.3. The van der Waals surface area contributed by atoms with E-state index < -0.39 is 0 Å². The van der Waals surface area contributed by atoms with Crippen LogP contribution in [0.2, 0.25) is 0 Å². The lowest BCUT2D eigenvalue weighted by molar-refractivity contribution is -0.119. The summed E-state index contributed by atoms with van der Waals surface area (Å²) in [5.41, 5.74) is 3.07. The first-order chi connectivity index (χ1) is 13.2. The van der Waals surface area contributed by atoms with Crippen molar-refractivity contribution < 1.29 is 14.3 Å². The topological polar surface area (TPSA) is 81.2 Å². The van der Waals surface area contributed by atoms with Crippen molar-refractivity contribution in [3.05, 3.63) is 59.8 Å². The lowest BCUT2D eigenvalue weighted by atomic mass is 9.97. The van der Waals surface area contributed by atoms with Crippen molar-refractivity contribution in [3.8, 4) is 11.5 Å².